The van der Waals surface area contributed by atoms with Crippen LogP contribution in [0.2, 0.25) is 0 Å². The maximum absolute atomic E-state index is 11.3. The number of hydrogen-bond acceptors (Lipinski definition) is 3. The molecule has 1 saturated heterocycles. The normalized spacial score (nSPS) is 17.9. The van der Waals surface area contributed by atoms with E-state index in [4.69, 9.17) is 0 Å². The third-order valence-corrected chi connectivity index (χ3v) is 4.15. The monoisotopic (exact) mass is 274 g/mol. The number of benzene rings is 1. The molecule has 0 aliphatic carbocycles. The fourth-order valence-electron chi connectivity index (χ4n) is 2.92. The van der Waals surface area contributed by atoms with Crippen LogP contribution >= 0.6 is 0 Å². The second-order valence-corrected chi connectivity index (χ2v) is 5.89. The fraction of sp³-hybridized carbons (Fsp3) is 0.533. The van der Waals surface area contributed by atoms with E-state index in [0.717, 1.165) is 29.8 Å². The van der Waals surface area contributed by atoms with E-state index in [9.17, 15) is 4.79 Å². The molecule has 2 aromatic rings. The van der Waals surface area contributed by atoms with E-state index in [1.165, 1.54) is 12.8 Å². The number of imidazole rings is 1. The largest absolute Gasteiger partial charge is 0.382 e. The summed E-state index contributed by atoms with van der Waals surface area (Å²) in [5.74, 6) is 0. The van der Waals surface area contributed by atoms with Crippen LogP contribution in [0.5, 0.6) is 0 Å². The highest BCUT2D eigenvalue weighted by atomic mass is 16.1. The molecule has 5 nitrogen and oxygen atoms in total. The van der Waals surface area contributed by atoms with Gasteiger partial charge in [-0.2, -0.15) is 0 Å². The Morgan fingerprint density at radius 1 is 1.20 bits per heavy atom. The molecule has 0 bridgehead atoms. The van der Waals surface area contributed by atoms with E-state index >= 15 is 0 Å². The maximum atomic E-state index is 11.3. The first-order valence-electron chi connectivity index (χ1n) is 7.34. The van der Waals surface area contributed by atoms with Gasteiger partial charge in [0.05, 0.1) is 11.0 Å². The fourth-order valence-corrected chi connectivity index (χ4v) is 2.92. The predicted octanol–water partition coefficient (Wildman–Crippen LogP) is 2.14. The number of anilines is 1. The number of piperidine rings is 1. The standard InChI is InChI=1S/C15H22N4O/c1-10(2)19-7-5-11(6-8-19)16-12-3-4-13-14(9-12)18-15(20)17-13/h3-4,9-11,16H,5-8H2,1-2H3,(H2,17,18,20). The quantitative estimate of drug-likeness (QED) is 0.803. The van der Waals surface area contributed by atoms with Crippen molar-refractivity contribution in [1.29, 1.82) is 0 Å². The first-order valence-corrected chi connectivity index (χ1v) is 7.34. The minimum Gasteiger partial charge on any atom is -0.382 e. The van der Waals surface area contributed by atoms with E-state index in [0.29, 0.717) is 12.1 Å². The van der Waals surface area contributed by atoms with E-state index in [1.807, 2.05) is 18.2 Å². The topological polar surface area (TPSA) is 63.9 Å². The van der Waals surface area contributed by atoms with Gasteiger partial charge in [0, 0.05) is 30.9 Å². The third-order valence-electron chi connectivity index (χ3n) is 4.15. The second-order valence-electron chi connectivity index (χ2n) is 5.89. The van der Waals surface area contributed by atoms with Gasteiger partial charge in [0.2, 0.25) is 0 Å². The van der Waals surface area contributed by atoms with Crippen molar-refractivity contribution in [2.75, 3.05) is 18.4 Å². The smallest absolute Gasteiger partial charge is 0.323 e. The lowest BCUT2D eigenvalue weighted by Crippen LogP contribution is -2.42. The number of fused-ring (bicyclic) bond motifs is 1. The van der Waals surface area contributed by atoms with E-state index in [-0.39, 0.29) is 5.69 Å². The molecule has 0 unspecified atom stereocenters. The van der Waals surface area contributed by atoms with Crippen molar-refractivity contribution < 1.29 is 0 Å². The van der Waals surface area contributed by atoms with Crippen molar-refractivity contribution in [3.05, 3.63) is 28.7 Å². The molecule has 3 N–H and O–H groups in total. The van der Waals surface area contributed by atoms with Crippen LogP contribution in [0.1, 0.15) is 26.7 Å². The summed E-state index contributed by atoms with van der Waals surface area (Å²) in [6.45, 7) is 6.81. The summed E-state index contributed by atoms with van der Waals surface area (Å²) in [4.78, 5) is 19.3. The van der Waals surface area contributed by atoms with Crippen LogP contribution in [-0.2, 0) is 0 Å². The Hall–Kier alpha value is -1.75. The number of nitrogens with zero attached hydrogens (tertiary/aromatic N) is 1. The lowest BCUT2D eigenvalue weighted by Gasteiger charge is -2.35. The third kappa shape index (κ3) is 2.72. The lowest BCUT2D eigenvalue weighted by atomic mass is 10.0. The zero-order chi connectivity index (χ0) is 14.1. The van der Waals surface area contributed by atoms with Gasteiger partial charge in [0.15, 0.2) is 0 Å². The molecule has 0 spiro atoms. The van der Waals surface area contributed by atoms with Gasteiger partial charge in [0.1, 0.15) is 0 Å². The molecule has 3 rings (SSSR count). The van der Waals surface area contributed by atoms with Gasteiger partial charge < -0.3 is 20.2 Å². The van der Waals surface area contributed by atoms with E-state index < -0.39 is 0 Å². The van der Waals surface area contributed by atoms with Crippen LogP contribution in [-0.4, -0.2) is 40.0 Å². The number of rotatable bonds is 3. The van der Waals surface area contributed by atoms with Crippen molar-refractivity contribution >= 4 is 16.7 Å². The minimum atomic E-state index is -0.151. The number of H-pyrrole nitrogens is 2. The summed E-state index contributed by atoms with van der Waals surface area (Å²) < 4.78 is 0. The first-order chi connectivity index (χ1) is 9.61. The molecule has 1 aromatic heterocycles. The average Bonchev–Trinajstić information content (AvgIpc) is 2.78. The van der Waals surface area contributed by atoms with Gasteiger partial charge in [-0.1, -0.05) is 0 Å². The van der Waals surface area contributed by atoms with Crippen molar-refractivity contribution in [3.8, 4) is 0 Å². The summed E-state index contributed by atoms with van der Waals surface area (Å²) in [6.07, 6.45) is 2.33. The van der Waals surface area contributed by atoms with Crippen LogP contribution < -0.4 is 11.0 Å². The van der Waals surface area contributed by atoms with Gasteiger partial charge in [0.25, 0.3) is 0 Å². The number of aromatic amines is 2. The highest BCUT2D eigenvalue weighted by molar-refractivity contribution is 5.78. The molecule has 1 aliphatic rings. The Morgan fingerprint density at radius 3 is 2.60 bits per heavy atom. The molecule has 1 fully saturated rings. The van der Waals surface area contributed by atoms with E-state index in [2.05, 4.69) is 34.0 Å². The Labute approximate surface area is 118 Å². The highest BCUT2D eigenvalue weighted by Gasteiger charge is 2.20. The summed E-state index contributed by atoms with van der Waals surface area (Å²) in [6, 6.07) is 7.13. The lowest BCUT2D eigenvalue weighted by molar-refractivity contribution is 0.177. The molecule has 2 heterocycles. The van der Waals surface area contributed by atoms with Gasteiger partial charge in [-0.25, -0.2) is 4.79 Å². The van der Waals surface area contributed by atoms with Crippen molar-refractivity contribution in [2.24, 2.45) is 0 Å². The number of hydrogen-bond donors (Lipinski definition) is 3. The summed E-state index contributed by atoms with van der Waals surface area (Å²) >= 11 is 0. The molecular formula is C15H22N4O. The van der Waals surface area contributed by atoms with Crippen LogP contribution in [0.3, 0.4) is 0 Å². The Morgan fingerprint density at radius 2 is 1.90 bits per heavy atom. The molecule has 0 radical (unpaired) electrons. The Bertz CT molecular complexity index is 635. The summed E-state index contributed by atoms with van der Waals surface area (Å²) in [5, 5.41) is 3.58. The van der Waals surface area contributed by atoms with Crippen LogP contribution in [0.25, 0.3) is 11.0 Å². The summed E-state index contributed by atoms with van der Waals surface area (Å²) in [7, 11) is 0. The van der Waals surface area contributed by atoms with Gasteiger partial charge in [-0.05, 0) is 44.9 Å². The first kappa shape index (κ1) is 13.2. The summed E-state index contributed by atoms with van der Waals surface area (Å²) in [5.41, 5.74) is 2.65. The molecule has 108 valence electrons. The molecule has 0 amide bonds. The Kier molecular flexibility index (Phi) is 3.53. The zero-order valence-corrected chi connectivity index (χ0v) is 12.1. The predicted molar refractivity (Wildman–Crippen MR) is 82.3 cm³/mol. The molecule has 1 aromatic carbocycles. The van der Waals surface area contributed by atoms with Crippen molar-refractivity contribution in [3.63, 3.8) is 0 Å². The van der Waals surface area contributed by atoms with Crippen LogP contribution in [0, 0.1) is 0 Å². The number of likely N-dealkylation sites (tertiary alicyclic amines) is 1. The van der Waals surface area contributed by atoms with Gasteiger partial charge >= 0.3 is 5.69 Å². The number of aromatic nitrogens is 2. The SMILES string of the molecule is CC(C)N1CCC(Nc2ccc3[nH]c(=O)[nH]c3c2)CC1. The van der Waals surface area contributed by atoms with Crippen LogP contribution in [0.4, 0.5) is 5.69 Å². The number of nitrogens with one attached hydrogen (secondary N) is 3. The zero-order valence-electron chi connectivity index (χ0n) is 12.1. The van der Waals surface area contributed by atoms with Crippen LogP contribution in [0.15, 0.2) is 23.0 Å². The molecule has 0 saturated carbocycles. The van der Waals surface area contributed by atoms with E-state index in [1.54, 1.807) is 0 Å². The second kappa shape index (κ2) is 5.32. The highest BCUT2D eigenvalue weighted by Crippen LogP contribution is 2.20. The molecule has 20 heavy (non-hydrogen) atoms. The molecule has 1 aliphatic heterocycles. The minimum absolute atomic E-state index is 0.151. The van der Waals surface area contributed by atoms with Crippen molar-refractivity contribution in [1.82, 2.24) is 14.9 Å². The maximum Gasteiger partial charge on any atom is 0.323 e. The van der Waals surface area contributed by atoms with Gasteiger partial charge in [-0.15, -0.1) is 0 Å². The average molecular weight is 274 g/mol. The molecule has 0 atom stereocenters. The van der Waals surface area contributed by atoms with Crippen molar-refractivity contribution in [2.45, 2.75) is 38.8 Å². The van der Waals surface area contributed by atoms with Gasteiger partial charge in [-0.3, -0.25) is 0 Å². The Balaban J connectivity index is 1.66. The molecule has 5 heteroatoms. The molecular weight excluding hydrogens is 252 g/mol.